The van der Waals surface area contributed by atoms with Gasteiger partial charge in [-0.2, -0.15) is 0 Å². The monoisotopic (exact) mass is 174 g/mol. The van der Waals surface area contributed by atoms with Crippen molar-refractivity contribution in [2.45, 2.75) is 19.3 Å². The molecule has 1 N–H and O–H groups in total. The summed E-state index contributed by atoms with van der Waals surface area (Å²) in [4.78, 5) is 19.3. The molecule has 1 fully saturated rings. The van der Waals surface area contributed by atoms with Gasteiger partial charge in [0.25, 0.3) is 0 Å². The van der Waals surface area contributed by atoms with Crippen LogP contribution in [0.1, 0.15) is 29.6 Å². The van der Waals surface area contributed by atoms with Crippen LogP contribution in [0.25, 0.3) is 0 Å². The lowest BCUT2D eigenvalue weighted by Crippen LogP contribution is -2.21. The van der Waals surface area contributed by atoms with Crippen LogP contribution in [0.4, 0.5) is 5.82 Å². The van der Waals surface area contributed by atoms with Gasteiger partial charge in [0.15, 0.2) is 5.78 Å². The fourth-order valence-electron chi connectivity index (χ4n) is 2.23. The Hall–Kier alpha value is -1.38. The molecule has 1 aromatic heterocycles. The van der Waals surface area contributed by atoms with Gasteiger partial charge in [-0.05, 0) is 25.3 Å². The summed E-state index contributed by atoms with van der Waals surface area (Å²) in [6.45, 7) is 0. The summed E-state index contributed by atoms with van der Waals surface area (Å²) >= 11 is 0. The van der Waals surface area contributed by atoms with E-state index in [4.69, 9.17) is 0 Å². The number of aromatic amines is 1. The molecule has 2 aliphatic rings. The summed E-state index contributed by atoms with van der Waals surface area (Å²) in [6, 6.07) is 1.83. The molecule has 3 nitrogen and oxygen atoms in total. The molecule has 1 aliphatic heterocycles. The van der Waals surface area contributed by atoms with Crippen molar-refractivity contribution in [3.05, 3.63) is 17.8 Å². The van der Waals surface area contributed by atoms with Crippen LogP contribution >= 0.6 is 0 Å². The van der Waals surface area contributed by atoms with Crippen LogP contribution in [0, 0.1) is 5.92 Å². The predicted octanol–water partition coefficient (Wildman–Crippen LogP) is 2.08. The number of carbonyl (C=O) groups is 1. The molecule has 1 aromatic rings. The molecule has 3 rings (SSSR count). The largest absolute Gasteiger partial charge is 0.346 e. The molecular formula is C10H10N2O. The van der Waals surface area contributed by atoms with Crippen LogP contribution < -0.4 is 0 Å². The standard InChI is InChI=1S/C10H10N2O/c13-9-6-2-1-3-8(6)12-10-7(9)4-5-11-10/h4-6,11H,1-3H2. The van der Waals surface area contributed by atoms with Gasteiger partial charge in [0.05, 0.1) is 11.5 Å². The van der Waals surface area contributed by atoms with Crippen molar-refractivity contribution in [1.82, 2.24) is 4.98 Å². The normalized spacial score (nSPS) is 25.4. The maximum atomic E-state index is 11.9. The number of ketones is 1. The zero-order chi connectivity index (χ0) is 8.84. The molecular weight excluding hydrogens is 164 g/mol. The minimum absolute atomic E-state index is 0.100. The number of aliphatic imine (C=N–C) groups is 1. The first kappa shape index (κ1) is 7.06. The second kappa shape index (κ2) is 2.31. The molecule has 66 valence electrons. The summed E-state index contributed by atoms with van der Waals surface area (Å²) in [7, 11) is 0. The van der Waals surface area contributed by atoms with Gasteiger partial charge in [0.2, 0.25) is 0 Å². The Labute approximate surface area is 75.9 Å². The first-order chi connectivity index (χ1) is 6.36. The Morgan fingerprint density at radius 3 is 3.38 bits per heavy atom. The Morgan fingerprint density at radius 1 is 1.54 bits per heavy atom. The predicted molar refractivity (Wildman–Crippen MR) is 49.6 cm³/mol. The van der Waals surface area contributed by atoms with Crippen molar-refractivity contribution in [3.63, 3.8) is 0 Å². The molecule has 0 radical (unpaired) electrons. The SMILES string of the molecule is O=C1c2cc[nH]c2N=C2CCCC12. The number of hydrogen-bond donors (Lipinski definition) is 1. The van der Waals surface area contributed by atoms with E-state index in [0.717, 1.165) is 36.4 Å². The second-order valence-corrected chi connectivity index (χ2v) is 3.65. The molecule has 0 saturated heterocycles. The smallest absolute Gasteiger partial charge is 0.175 e. The zero-order valence-electron chi connectivity index (χ0n) is 7.21. The highest BCUT2D eigenvalue weighted by molar-refractivity contribution is 6.18. The highest BCUT2D eigenvalue weighted by Gasteiger charge is 2.34. The van der Waals surface area contributed by atoms with Crippen LogP contribution in [0.5, 0.6) is 0 Å². The number of aromatic nitrogens is 1. The van der Waals surface area contributed by atoms with Crippen LogP contribution in [0.2, 0.25) is 0 Å². The molecule has 0 spiro atoms. The highest BCUT2D eigenvalue weighted by atomic mass is 16.1. The van der Waals surface area contributed by atoms with Crippen LogP contribution in [0.15, 0.2) is 17.3 Å². The Bertz CT molecular complexity index is 403. The topological polar surface area (TPSA) is 45.2 Å². The number of Topliss-reactive ketones (excluding diaryl/α,β-unsaturated/α-hetero) is 1. The third kappa shape index (κ3) is 0.842. The lowest BCUT2D eigenvalue weighted by Gasteiger charge is -2.14. The molecule has 1 aliphatic carbocycles. The lowest BCUT2D eigenvalue weighted by molar-refractivity contribution is 0.0953. The van der Waals surface area contributed by atoms with Gasteiger partial charge in [-0.15, -0.1) is 0 Å². The summed E-state index contributed by atoms with van der Waals surface area (Å²) in [5, 5.41) is 0. The number of nitrogens with one attached hydrogen (secondary N) is 1. The average molecular weight is 174 g/mol. The summed E-state index contributed by atoms with van der Waals surface area (Å²) in [5.74, 6) is 1.13. The van der Waals surface area contributed by atoms with E-state index in [0.29, 0.717) is 0 Å². The first-order valence-corrected chi connectivity index (χ1v) is 4.65. The number of nitrogens with zero attached hydrogens (tertiary/aromatic N) is 1. The summed E-state index contributed by atoms with van der Waals surface area (Å²) in [5.41, 5.74) is 1.86. The third-order valence-corrected chi connectivity index (χ3v) is 2.89. The second-order valence-electron chi connectivity index (χ2n) is 3.65. The first-order valence-electron chi connectivity index (χ1n) is 4.65. The van der Waals surface area contributed by atoms with Gasteiger partial charge in [-0.3, -0.25) is 4.79 Å². The quantitative estimate of drug-likeness (QED) is 0.643. The van der Waals surface area contributed by atoms with Crippen LogP contribution in [-0.4, -0.2) is 16.5 Å². The fourth-order valence-corrected chi connectivity index (χ4v) is 2.23. The third-order valence-electron chi connectivity index (χ3n) is 2.89. The van der Waals surface area contributed by atoms with Gasteiger partial charge < -0.3 is 4.98 Å². The van der Waals surface area contributed by atoms with Gasteiger partial charge in [-0.25, -0.2) is 4.99 Å². The number of rotatable bonds is 0. The summed E-state index contributed by atoms with van der Waals surface area (Å²) < 4.78 is 0. The van der Waals surface area contributed by atoms with Crippen LogP contribution in [0.3, 0.4) is 0 Å². The fraction of sp³-hybridized carbons (Fsp3) is 0.400. The van der Waals surface area contributed by atoms with Crippen molar-refractivity contribution in [2.24, 2.45) is 10.9 Å². The molecule has 0 aromatic carbocycles. The van der Waals surface area contributed by atoms with E-state index in [1.54, 1.807) is 6.20 Å². The van der Waals surface area contributed by atoms with Gasteiger partial charge in [0, 0.05) is 11.9 Å². The van der Waals surface area contributed by atoms with Crippen molar-refractivity contribution in [3.8, 4) is 0 Å². The van der Waals surface area contributed by atoms with Crippen molar-refractivity contribution < 1.29 is 4.79 Å². The van der Waals surface area contributed by atoms with E-state index in [1.807, 2.05) is 6.07 Å². The Kier molecular flexibility index (Phi) is 1.26. The Balaban J connectivity index is 2.19. The van der Waals surface area contributed by atoms with E-state index >= 15 is 0 Å². The molecule has 1 atom stereocenters. The molecule has 3 heteroatoms. The molecule has 2 heterocycles. The Morgan fingerprint density at radius 2 is 2.46 bits per heavy atom. The van der Waals surface area contributed by atoms with Crippen LogP contribution in [-0.2, 0) is 0 Å². The molecule has 1 saturated carbocycles. The van der Waals surface area contributed by atoms with E-state index in [2.05, 4.69) is 9.98 Å². The zero-order valence-corrected chi connectivity index (χ0v) is 7.21. The van der Waals surface area contributed by atoms with Crippen molar-refractivity contribution in [1.29, 1.82) is 0 Å². The minimum Gasteiger partial charge on any atom is -0.346 e. The molecule has 0 amide bonds. The van der Waals surface area contributed by atoms with Gasteiger partial charge >= 0.3 is 0 Å². The lowest BCUT2D eigenvalue weighted by atomic mass is 9.94. The molecule has 0 bridgehead atoms. The maximum absolute atomic E-state index is 11.9. The van der Waals surface area contributed by atoms with Crippen molar-refractivity contribution >= 4 is 17.3 Å². The maximum Gasteiger partial charge on any atom is 0.175 e. The average Bonchev–Trinajstić information content (AvgIpc) is 2.71. The number of fused-ring (bicyclic) bond motifs is 2. The van der Waals surface area contributed by atoms with E-state index in [9.17, 15) is 4.79 Å². The van der Waals surface area contributed by atoms with E-state index in [1.165, 1.54) is 0 Å². The highest BCUT2D eigenvalue weighted by Crippen LogP contribution is 2.35. The van der Waals surface area contributed by atoms with Gasteiger partial charge in [-0.1, -0.05) is 0 Å². The number of H-pyrrole nitrogens is 1. The summed E-state index contributed by atoms with van der Waals surface area (Å²) in [6.07, 6.45) is 4.88. The number of hydrogen-bond acceptors (Lipinski definition) is 2. The van der Waals surface area contributed by atoms with Crippen molar-refractivity contribution in [2.75, 3.05) is 0 Å². The van der Waals surface area contributed by atoms with Gasteiger partial charge in [0.1, 0.15) is 5.82 Å². The molecule has 13 heavy (non-hydrogen) atoms. The number of carbonyl (C=O) groups excluding carboxylic acids is 1. The molecule has 1 unspecified atom stereocenters. The van der Waals surface area contributed by atoms with E-state index in [-0.39, 0.29) is 11.7 Å². The van der Waals surface area contributed by atoms with E-state index < -0.39 is 0 Å². The minimum atomic E-state index is 0.100.